The lowest BCUT2D eigenvalue weighted by Gasteiger charge is -2.10. The standard InChI is InChI=1S/C22H19N3O/c1-14-7-6-8-15(2)20(14)17-11-12-18-19(13-17)24-25-21(18)23-22(26)16-9-4-3-5-10-16/h3-13H,1-2H3,(H2,23,24,25,26). The summed E-state index contributed by atoms with van der Waals surface area (Å²) in [4.78, 5) is 12.4. The number of hydrogen-bond acceptors (Lipinski definition) is 2. The van der Waals surface area contributed by atoms with Crippen molar-refractivity contribution in [1.82, 2.24) is 10.2 Å². The first kappa shape index (κ1) is 16.1. The monoisotopic (exact) mass is 341 g/mol. The third-order valence-corrected chi connectivity index (χ3v) is 4.60. The van der Waals surface area contributed by atoms with Gasteiger partial charge < -0.3 is 5.32 Å². The number of H-pyrrole nitrogens is 1. The minimum Gasteiger partial charge on any atom is -0.305 e. The molecule has 4 nitrogen and oxygen atoms in total. The molecule has 4 rings (SSSR count). The van der Waals surface area contributed by atoms with Crippen LogP contribution >= 0.6 is 0 Å². The van der Waals surface area contributed by atoms with Crippen molar-refractivity contribution in [1.29, 1.82) is 0 Å². The van der Waals surface area contributed by atoms with Gasteiger partial charge in [0.1, 0.15) is 0 Å². The lowest BCUT2D eigenvalue weighted by Crippen LogP contribution is -2.12. The highest BCUT2D eigenvalue weighted by Gasteiger charge is 2.13. The van der Waals surface area contributed by atoms with Gasteiger partial charge in [0.2, 0.25) is 0 Å². The largest absolute Gasteiger partial charge is 0.305 e. The fraction of sp³-hybridized carbons (Fsp3) is 0.0909. The molecule has 1 aromatic heterocycles. The normalized spacial score (nSPS) is 10.8. The van der Waals surface area contributed by atoms with Crippen LogP contribution in [0.1, 0.15) is 21.5 Å². The highest BCUT2D eigenvalue weighted by Crippen LogP contribution is 2.31. The maximum absolute atomic E-state index is 12.4. The zero-order valence-electron chi connectivity index (χ0n) is 14.7. The number of aromatic amines is 1. The Labute approximate surface area is 151 Å². The Morgan fingerprint density at radius 2 is 1.65 bits per heavy atom. The lowest BCUT2D eigenvalue weighted by atomic mass is 9.95. The number of anilines is 1. The minimum atomic E-state index is -0.169. The Morgan fingerprint density at radius 1 is 0.923 bits per heavy atom. The highest BCUT2D eigenvalue weighted by atomic mass is 16.1. The maximum Gasteiger partial charge on any atom is 0.256 e. The van der Waals surface area contributed by atoms with E-state index in [-0.39, 0.29) is 5.91 Å². The number of fused-ring (bicyclic) bond motifs is 1. The number of carbonyl (C=O) groups excluding carboxylic acids is 1. The molecule has 0 saturated carbocycles. The molecule has 1 amide bonds. The van der Waals surface area contributed by atoms with Crippen molar-refractivity contribution in [2.45, 2.75) is 13.8 Å². The topological polar surface area (TPSA) is 57.8 Å². The van der Waals surface area contributed by atoms with E-state index in [0.29, 0.717) is 11.4 Å². The third kappa shape index (κ3) is 2.86. The molecule has 0 aliphatic carbocycles. The fourth-order valence-corrected chi connectivity index (χ4v) is 3.31. The molecule has 0 aliphatic rings. The van der Waals surface area contributed by atoms with Crippen molar-refractivity contribution in [3.8, 4) is 11.1 Å². The van der Waals surface area contributed by atoms with Crippen LogP contribution in [-0.4, -0.2) is 16.1 Å². The average Bonchev–Trinajstić information content (AvgIpc) is 3.04. The molecule has 4 heteroatoms. The maximum atomic E-state index is 12.4. The molecule has 0 bridgehead atoms. The molecule has 1 heterocycles. The second kappa shape index (κ2) is 6.48. The van der Waals surface area contributed by atoms with Crippen LogP contribution in [0.2, 0.25) is 0 Å². The molecule has 2 N–H and O–H groups in total. The Morgan fingerprint density at radius 3 is 2.38 bits per heavy atom. The number of nitrogens with zero attached hydrogens (tertiary/aromatic N) is 1. The summed E-state index contributed by atoms with van der Waals surface area (Å²) in [6, 6.07) is 21.6. The van der Waals surface area contributed by atoms with Crippen LogP contribution < -0.4 is 5.32 Å². The molecule has 0 saturated heterocycles. The van der Waals surface area contributed by atoms with E-state index in [4.69, 9.17) is 0 Å². The summed E-state index contributed by atoms with van der Waals surface area (Å²) in [6.45, 7) is 4.23. The molecule has 0 fully saturated rings. The van der Waals surface area contributed by atoms with Gasteiger partial charge in [-0.15, -0.1) is 0 Å². The smallest absolute Gasteiger partial charge is 0.256 e. The van der Waals surface area contributed by atoms with Gasteiger partial charge in [-0.25, -0.2) is 0 Å². The first-order chi connectivity index (χ1) is 12.6. The van der Waals surface area contributed by atoms with Gasteiger partial charge in [0.05, 0.1) is 5.52 Å². The first-order valence-corrected chi connectivity index (χ1v) is 8.54. The van der Waals surface area contributed by atoms with Crippen LogP contribution in [0.15, 0.2) is 66.7 Å². The molecule has 0 radical (unpaired) electrons. The molecule has 0 aliphatic heterocycles. The van der Waals surface area contributed by atoms with Crippen LogP contribution in [0.5, 0.6) is 0 Å². The number of hydrogen-bond donors (Lipinski definition) is 2. The summed E-state index contributed by atoms with van der Waals surface area (Å²) in [6.07, 6.45) is 0. The zero-order chi connectivity index (χ0) is 18.1. The van der Waals surface area contributed by atoms with E-state index in [9.17, 15) is 4.79 Å². The summed E-state index contributed by atoms with van der Waals surface area (Å²) in [5.41, 5.74) is 6.35. The predicted molar refractivity (Wildman–Crippen MR) is 105 cm³/mol. The summed E-state index contributed by atoms with van der Waals surface area (Å²) < 4.78 is 0. The van der Waals surface area contributed by atoms with E-state index in [2.05, 4.69) is 59.7 Å². The van der Waals surface area contributed by atoms with Gasteiger partial charge >= 0.3 is 0 Å². The second-order valence-electron chi connectivity index (χ2n) is 6.42. The van der Waals surface area contributed by atoms with E-state index >= 15 is 0 Å². The lowest BCUT2D eigenvalue weighted by molar-refractivity contribution is 0.102. The van der Waals surface area contributed by atoms with Crippen molar-refractivity contribution < 1.29 is 4.79 Å². The van der Waals surface area contributed by atoms with Gasteiger partial charge in [-0.2, -0.15) is 5.10 Å². The summed E-state index contributed by atoms with van der Waals surface area (Å²) in [5.74, 6) is 0.375. The Balaban J connectivity index is 1.69. The van der Waals surface area contributed by atoms with Crippen molar-refractivity contribution in [3.05, 3.63) is 83.4 Å². The van der Waals surface area contributed by atoms with Gasteiger partial charge in [-0.3, -0.25) is 9.89 Å². The fourth-order valence-electron chi connectivity index (χ4n) is 3.31. The van der Waals surface area contributed by atoms with Crippen molar-refractivity contribution in [2.75, 3.05) is 5.32 Å². The molecule has 128 valence electrons. The van der Waals surface area contributed by atoms with Crippen LogP contribution in [0.3, 0.4) is 0 Å². The quantitative estimate of drug-likeness (QED) is 0.545. The average molecular weight is 341 g/mol. The SMILES string of the molecule is Cc1cccc(C)c1-c1ccc2c(NC(=O)c3ccccc3)n[nH]c2c1. The molecule has 4 aromatic rings. The molecule has 3 aromatic carbocycles. The van der Waals surface area contributed by atoms with Crippen molar-refractivity contribution in [3.63, 3.8) is 0 Å². The number of benzene rings is 3. The van der Waals surface area contributed by atoms with E-state index < -0.39 is 0 Å². The van der Waals surface area contributed by atoms with Gasteiger partial charge in [-0.05, 0) is 60.4 Å². The molecule has 0 unspecified atom stereocenters. The molecule has 0 atom stereocenters. The molecular weight excluding hydrogens is 322 g/mol. The summed E-state index contributed by atoms with van der Waals surface area (Å²) in [7, 11) is 0. The number of amides is 1. The number of aromatic nitrogens is 2. The molecule has 0 spiro atoms. The predicted octanol–water partition coefficient (Wildman–Crippen LogP) is 5.10. The summed E-state index contributed by atoms with van der Waals surface area (Å²) >= 11 is 0. The Kier molecular flexibility index (Phi) is 4.01. The van der Waals surface area contributed by atoms with Gasteiger partial charge in [0, 0.05) is 10.9 Å². The van der Waals surface area contributed by atoms with Gasteiger partial charge in [-0.1, -0.05) is 42.5 Å². The van der Waals surface area contributed by atoms with Crippen LogP contribution in [0.4, 0.5) is 5.82 Å². The zero-order valence-corrected chi connectivity index (χ0v) is 14.7. The number of rotatable bonds is 3. The number of aryl methyl sites for hydroxylation is 2. The Bertz CT molecular complexity index is 1080. The first-order valence-electron chi connectivity index (χ1n) is 8.54. The molecule has 26 heavy (non-hydrogen) atoms. The van der Waals surface area contributed by atoms with E-state index in [0.717, 1.165) is 16.5 Å². The van der Waals surface area contributed by atoms with Gasteiger partial charge in [0.25, 0.3) is 5.91 Å². The van der Waals surface area contributed by atoms with Crippen LogP contribution in [-0.2, 0) is 0 Å². The molecular formula is C22H19N3O. The van der Waals surface area contributed by atoms with Crippen LogP contribution in [0.25, 0.3) is 22.0 Å². The van der Waals surface area contributed by atoms with Crippen LogP contribution in [0, 0.1) is 13.8 Å². The van der Waals surface area contributed by atoms with Gasteiger partial charge in [0.15, 0.2) is 5.82 Å². The van der Waals surface area contributed by atoms with E-state index in [1.807, 2.05) is 24.3 Å². The van der Waals surface area contributed by atoms with E-state index in [1.165, 1.54) is 16.7 Å². The number of nitrogens with one attached hydrogen (secondary N) is 2. The van der Waals surface area contributed by atoms with E-state index in [1.54, 1.807) is 12.1 Å². The Hall–Kier alpha value is -3.40. The number of carbonyl (C=O) groups is 1. The summed E-state index contributed by atoms with van der Waals surface area (Å²) in [5, 5.41) is 11.1. The van der Waals surface area contributed by atoms with Crippen molar-refractivity contribution in [2.24, 2.45) is 0 Å². The highest BCUT2D eigenvalue weighted by molar-refractivity contribution is 6.08. The third-order valence-electron chi connectivity index (χ3n) is 4.60. The minimum absolute atomic E-state index is 0.169. The second-order valence-corrected chi connectivity index (χ2v) is 6.42. The van der Waals surface area contributed by atoms with Crippen molar-refractivity contribution >= 4 is 22.6 Å².